The molecule has 34 heavy (non-hydrogen) atoms. The Morgan fingerprint density at radius 1 is 1.03 bits per heavy atom. The molecule has 10 heteroatoms. The summed E-state index contributed by atoms with van der Waals surface area (Å²) >= 11 is 6.22. The summed E-state index contributed by atoms with van der Waals surface area (Å²) in [6.07, 6.45) is 4.41. The van der Waals surface area contributed by atoms with E-state index in [1.807, 2.05) is 12.1 Å². The van der Waals surface area contributed by atoms with Crippen LogP contribution in [-0.2, 0) is 16.1 Å². The number of nitrogens with one attached hydrogen (secondary N) is 2. The lowest BCUT2D eigenvalue weighted by molar-refractivity contribution is -0.123. The van der Waals surface area contributed by atoms with Crippen molar-refractivity contribution in [2.45, 2.75) is 19.0 Å². The van der Waals surface area contributed by atoms with Crippen molar-refractivity contribution in [1.29, 1.82) is 0 Å². The third-order valence-electron chi connectivity index (χ3n) is 4.81. The minimum absolute atomic E-state index is 0.269. The van der Waals surface area contributed by atoms with Crippen molar-refractivity contribution in [3.8, 4) is 17.2 Å². The average Bonchev–Trinajstić information content (AvgIpc) is 2.87. The molecule has 3 aromatic rings. The molecule has 1 aromatic heterocycles. The SMILES string of the molecule is COCCC(NC(=O)c1cncnc1)C(=O)NCc1ccc(Oc2ccc(OC)cc2Cl)cc1. The Hall–Kier alpha value is -3.69. The quantitative estimate of drug-likeness (QED) is 0.429. The van der Waals surface area contributed by atoms with Gasteiger partial charge in [0.2, 0.25) is 5.91 Å². The first-order valence-corrected chi connectivity index (χ1v) is 10.8. The number of carbonyl (C=O) groups excluding carboxylic acids is 2. The number of nitrogens with zero attached hydrogens (tertiary/aromatic N) is 2. The van der Waals surface area contributed by atoms with Crippen LogP contribution in [0.2, 0.25) is 5.02 Å². The van der Waals surface area contributed by atoms with Gasteiger partial charge in [-0.15, -0.1) is 0 Å². The number of halogens is 1. The molecule has 2 aromatic carbocycles. The van der Waals surface area contributed by atoms with Gasteiger partial charge >= 0.3 is 0 Å². The first kappa shape index (κ1) is 24.9. The Bertz CT molecular complexity index is 1100. The third kappa shape index (κ3) is 7.16. The van der Waals surface area contributed by atoms with Crippen LogP contribution in [-0.4, -0.2) is 48.7 Å². The van der Waals surface area contributed by atoms with Crippen LogP contribution in [0, 0.1) is 0 Å². The fraction of sp³-hybridized carbons (Fsp3) is 0.250. The Balaban J connectivity index is 1.56. The number of aromatic nitrogens is 2. The van der Waals surface area contributed by atoms with Crippen LogP contribution >= 0.6 is 11.6 Å². The van der Waals surface area contributed by atoms with Crippen molar-refractivity contribution in [2.75, 3.05) is 20.8 Å². The van der Waals surface area contributed by atoms with E-state index in [4.69, 9.17) is 25.8 Å². The molecule has 0 aliphatic carbocycles. The number of methoxy groups -OCH3 is 2. The molecule has 2 amide bonds. The number of carbonyl (C=O) groups is 2. The predicted molar refractivity (Wildman–Crippen MR) is 126 cm³/mol. The van der Waals surface area contributed by atoms with Gasteiger partial charge in [0.05, 0.1) is 17.7 Å². The van der Waals surface area contributed by atoms with Crippen LogP contribution in [0.15, 0.2) is 61.2 Å². The Kier molecular flexibility index (Phi) is 9.19. The molecule has 1 heterocycles. The molecule has 0 aliphatic rings. The van der Waals surface area contributed by atoms with Gasteiger partial charge in [0.25, 0.3) is 5.91 Å². The van der Waals surface area contributed by atoms with Gasteiger partial charge in [0.15, 0.2) is 0 Å². The van der Waals surface area contributed by atoms with Crippen molar-refractivity contribution in [3.05, 3.63) is 77.3 Å². The first-order valence-electron chi connectivity index (χ1n) is 10.4. The minimum atomic E-state index is -0.771. The fourth-order valence-corrected chi connectivity index (χ4v) is 3.18. The topological polar surface area (TPSA) is 112 Å². The number of rotatable bonds is 11. The average molecular weight is 485 g/mol. The molecule has 3 rings (SSSR count). The summed E-state index contributed by atoms with van der Waals surface area (Å²) in [5, 5.41) is 5.97. The highest BCUT2D eigenvalue weighted by Gasteiger charge is 2.21. The van der Waals surface area contributed by atoms with Gasteiger partial charge in [-0.3, -0.25) is 9.59 Å². The van der Waals surface area contributed by atoms with Crippen molar-refractivity contribution in [1.82, 2.24) is 20.6 Å². The zero-order valence-electron chi connectivity index (χ0n) is 18.8. The third-order valence-corrected chi connectivity index (χ3v) is 5.11. The summed E-state index contributed by atoms with van der Waals surface area (Å²) in [5.74, 6) is 0.977. The highest BCUT2D eigenvalue weighted by atomic mass is 35.5. The summed E-state index contributed by atoms with van der Waals surface area (Å²) in [4.78, 5) is 32.8. The molecule has 2 N–H and O–H groups in total. The normalized spacial score (nSPS) is 11.4. The number of hydrogen-bond donors (Lipinski definition) is 2. The maximum atomic E-state index is 12.7. The highest BCUT2D eigenvalue weighted by molar-refractivity contribution is 6.32. The van der Waals surface area contributed by atoms with Crippen molar-refractivity contribution < 1.29 is 23.8 Å². The second kappa shape index (κ2) is 12.5. The van der Waals surface area contributed by atoms with Crippen LogP contribution in [0.5, 0.6) is 17.2 Å². The maximum Gasteiger partial charge on any atom is 0.255 e. The van der Waals surface area contributed by atoms with Crippen LogP contribution in [0.3, 0.4) is 0 Å². The Labute approximate surface area is 202 Å². The number of hydrogen-bond acceptors (Lipinski definition) is 7. The molecule has 0 aliphatic heterocycles. The molecule has 9 nitrogen and oxygen atoms in total. The fourth-order valence-electron chi connectivity index (χ4n) is 2.97. The molecule has 0 spiro atoms. The van der Waals surface area contributed by atoms with Crippen LogP contribution in [0.1, 0.15) is 22.3 Å². The molecule has 0 fully saturated rings. The lowest BCUT2D eigenvalue weighted by atomic mass is 10.1. The van der Waals surface area contributed by atoms with E-state index in [-0.39, 0.29) is 18.0 Å². The summed E-state index contributed by atoms with van der Waals surface area (Å²) in [5.41, 5.74) is 1.13. The maximum absolute atomic E-state index is 12.7. The van der Waals surface area contributed by atoms with E-state index in [0.717, 1.165) is 5.56 Å². The Morgan fingerprint density at radius 2 is 1.74 bits per heavy atom. The molecule has 0 saturated heterocycles. The molecular weight excluding hydrogens is 460 g/mol. The largest absolute Gasteiger partial charge is 0.497 e. The van der Waals surface area contributed by atoms with Gasteiger partial charge in [0, 0.05) is 38.7 Å². The smallest absolute Gasteiger partial charge is 0.255 e. The molecule has 0 saturated carbocycles. The summed E-state index contributed by atoms with van der Waals surface area (Å²) < 4.78 is 16.0. The zero-order chi connectivity index (χ0) is 24.3. The second-order valence-electron chi connectivity index (χ2n) is 7.19. The van der Waals surface area contributed by atoms with Crippen LogP contribution < -0.4 is 20.1 Å². The summed E-state index contributed by atoms with van der Waals surface area (Å²) in [6, 6.07) is 11.6. The molecule has 1 atom stereocenters. The summed E-state index contributed by atoms with van der Waals surface area (Å²) in [6.45, 7) is 0.583. The number of benzene rings is 2. The lowest BCUT2D eigenvalue weighted by Crippen LogP contribution is -2.47. The second-order valence-corrected chi connectivity index (χ2v) is 7.60. The number of ether oxygens (including phenoxy) is 3. The lowest BCUT2D eigenvalue weighted by Gasteiger charge is -2.18. The van der Waals surface area contributed by atoms with Gasteiger partial charge in [-0.05, 0) is 36.2 Å². The Morgan fingerprint density at radius 3 is 2.38 bits per heavy atom. The van der Waals surface area contributed by atoms with Crippen molar-refractivity contribution >= 4 is 23.4 Å². The van der Waals surface area contributed by atoms with Crippen LogP contribution in [0.25, 0.3) is 0 Å². The predicted octanol–water partition coefficient (Wildman–Crippen LogP) is 3.38. The number of amides is 2. The van der Waals surface area contributed by atoms with Gasteiger partial charge in [-0.25, -0.2) is 9.97 Å². The van der Waals surface area contributed by atoms with E-state index in [1.165, 1.54) is 25.8 Å². The molecule has 0 bridgehead atoms. The molecule has 1 unspecified atom stereocenters. The van der Waals surface area contributed by atoms with E-state index in [0.29, 0.717) is 35.3 Å². The monoisotopic (exact) mass is 484 g/mol. The van der Waals surface area contributed by atoms with Crippen LogP contribution in [0.4, 0.5) is 0 Å². The molecule has 0 radical (unpaired) electrons. The van der Waals surface area contributed by atoms with E-state index < -0.39 is 11.9 Å². The van der Waals surface area contributed by atoms with E-state index in [2.05, 4.69) is 20.6 Å². The van der Waals surface area contributed by atoms with Gasteiger partial charge in [-0.2, -0.15) is 0 Å². The van der Waals surface area contributed by atoms with E-state index >= 15 is 0 Å². The van der Waals surface area contributed by atoms with Crippen molar-refractivity contribution in [2.24, 2.45) is 0 Å². The first-order chi connectivity index (χ1) is 16.5. The highest BCUT2D eigenvalue weighted by Crippen LogP contribution is 2.32. The minimum Gasteiger partial charge on any atom is -0.497 e. The van der Waals surface area contributed by atoms with Gasteiger partial charge < -0.3 is 24.8 Å². The summed E-state index contributed by atoms with van der Waals surface area (Å²) in [7, 11) is 3.10. The van der Waals surface area contributed by atoms with Crippen molar-refractivity contribution in [3.63, 3.8) is 0 Å². The zero-order valence-corrected chi connectivity index (χ0v) is 19.5. The standard InChI is InChI=1S/C24H25ClN4O5/c1-32-10-9-21(29-23(30)17-13-26-15-27-14-17)24(31)28-12-16-3-5-18(6-4-16)34-22-8-7-19(33-2)11-20(22)25/h3-8,11,13-15,21H,9-10,12H2,1-2H3,(H,28,31)(H,29,30). The molecular formula is C24H25ClN4O5. The van der Waals surface area contributed by atoms with Gasteiger partial charge in [0.1, 0.15) is 29.6 Å². The molecule has 178 valence electrons. The van der Waals surface area contributed by atoms with E-state index in [9.17, 15) is 9.59 Å². The van der Waals surface area contributed by atoms with E-state index in [1.54, 1.807) is 37.4 Å². The van der Waals surface area contributed by atoms with Gasteiger partial charge in [-0.1, -0.05) is 23.7 Å².